The zero-order valence-electron chi connectivity index (χ0n) is 13.8. The van der Waals surface area contributed by atoms with E-state index in [4.69, 9.17) is 0 Å². The van der Waals surface area contributed by atoms with E-state index in [1.165, 1.54) is 0 Å². The molecule has 122 valence electrons. The number of hydrogen-bond donors (Lipinski definition) is 1. The fourth-order valence-electron chi connectivity index (χ4n) is 2.68. The fraction of sp³-hybridized carbons (Fsp3) is 0.667. The average Bonchev–Trinajstić information content (AvgIpc) is 2.82. The minimum Gasteiger partial charge on any atom is -0.353 e. The minimum absolute atomic E-state index is 0.0120. The lowest BCUT2D eigenvalue weighted by Gasteiger charge is -2.33. The van der Waals surface area contributed by atoms with Crippen LogP contribution in [0.2, 0.25) is 0 Å². The summed E-state index contributed by atoms with van der Waals surface area (Å²) in [6.45, 7) is 5.74. The van der Waals surface area contributed by atoms with Crippen molar-refractivity contribution < 1.29 is 9.59 Å². The van der Waals surface area contributed by atoms with Gasteiger partial charge in [-0.1, -0.05) is 6.92 Å². The third-order valence-electron chi connectivity index (χ3n) is 3.79. The van der Waals surface area contributed by atoms with Gasteiger partial charge in [0.2, 0.25) is 11.8 Å². The van der Waals surface area contributed by atoms with E-state index in [-0.39, 0.29) is 11.8 Å². The molecule has 1 atom stereocenters. The Hall–Kier alpha value is -1.89. The molecule has 22 heavy (non-hydrogen) atoms. The number of carbonyl (C=O) groups excluding carboxylic acids is 2. The van der Waals surface area contributed by atoms with E-state index >= 15 is 0 Å². The van der Waals surface area contributed by atoms with E-state index in [1.54, 1.807) is 4.90 Å². The predicted octanol–water partition coefficient (Wildman–Crippen LogP) is 0.385. The summed E-state index contributed by atoms with van der Waals surface area (Å²) in [6.07, 6.45) is 0.958. The number of likely N-dealkylation sites (N-methyl/N-ethyl adjacent to an activating group) is 1. The highest BCUT2D eigenvalue weighted by molar-refractivity contribution is 6.00. The predicted molar refractivity (Wildman–Crippen MR) is 84.7 cm³/mol. The van der Waals surface area contributed by atoms with E-state index < -0.39 is 6.04 Å². The lowest BCUT2D eigenvalue weighted by Crippen LogP contribution is -2.52. The van der Waals surface area contributed by atoms with Crippen molar-refractivity contribution in [2.24, 2.45) is 0 Å². The lowest BCUT2D eigenvalue weighted by atomic mass is 10.1. The molecular weight excluding hydrogens is 282 g/mol. The van der Waals surface area contributed by atoms with Gasteiger partial charge in [0, 0.05) is 25.6 Å². The Morgan fingerprint density at radius 2 is 2.23 bits per heavy atom. The van der Waals surface area contributed by atoms with E-state index in [2.05, 4.69) is 10.4 Å². The van der Waals surface area contributed by atoms with Crippen LogP contribution in [-0.4, -0.2) is 59.7 Å². The summed E-state index contributed by atoms with van der Waals surface area (Å²) in [5.74, 6) is 0.607. The quantitative estimate of drug-likeness (QED) is 0.825. The molecule has 0 radical (unpaired) electrons. The van der Waals surface area contributed by atoms with Gasteiger partial charge in [-0.2, -0.15) is 5.10 Å². The first-order valence-corrected chi connectivity index (χ1v) is 7.73. The number of nitrogens with one attached hydrogen (secondary N) is 1. The van der Waals surface area contributed by atoms with Gasteiger partial charge in [-0.05, 0) is 27.4 Å². The fourth-order valence-corrected chi connectivity index (χ4v) is 2.68. The molecule has 7 nitrogen and oxygen atoms in total. The zero-order valence-corrected chi connectivity index (χ0v) is 13.8. The van der Waals surface area contributed by atoms with Crippen LogP contribution in [0.4, 0.5) is 5.82 Å². The van der Waals surface area contributed by atoms with Crippen molar-refractivity contribution in [2.45, 2.75) is 39.3 Å². The third kappa shape index (κ3) is 3.47. The monoisotopic (exact) mass is 307 g/mol. The van der Waals surface area contributed by atoms with E-state index in [0.29, 0.717) is 25.9 Å². The molecule has 0 bridgehead atoms. The number of nitrogens with zero attached hydrogens (tertiary/aromatic N) is 4. The highest BCUT2D eigenvalue weighted by Gasteiger charge is 2.34. The summed E-state index contributed by atoms with van der Waals surface area (Å²) < 4.78 is 1.81. The van der Waals surface area contributed by atoms with Gasteiger partial charge in [0.05, 0.1) is 12.2 Å². The van der Waals surface area contributed by atoms with Gasteiger partial charge < -0.3 is 10.2 Å². The SMILES string of the molecule is CC[C@@H](C(=O)NCCN(C)C)N1C(=O)CCn2nc(C)cc21. The van der Waals surface area contributed by atoms with Crippen molar-refractivity contribution in [3.8, 4) is 0 Å². The molecule has 1 aromatic rings. The van der Waals surface area contributed by atoms with Crippen LogP contribution < -0.4 is 10.2 Å². The number of aryl methyl sites for hydroxylation is 2. The molecule has 0 spiro atoms. The van der Waals surface area contributed by atoms with Crippen LogP contribution in [0.1, 0.15) is 25.5 Å². The van der Waals surface area contributed by atoms with E-state index in [0.717, 1.165) is 18.1 Å². The van der Waals surface area contributed by atoms with Gasteiger partial charge in [-0.3, -0.25) is 14.5 Å². The maximum atomic E-state index is 12.5. The van der Waals surface area contributed by atoms with Gasteiger partial charge >= 0.3 is 0 Å². The second-order valence-electron chi connectivity index (χ2n) is 5.90. The Kier molecular flexibility index (Phi) is 5.18. The van der Waals surface area contributed by atoms with Gasteiger partial charge in [-0.15, -0.1) is 0 Å². The van der Waals surface area contributed by atoms with E-state index in [1.807, 2.05) is 43.6 Å². The largest absolute Gasteiger partial charge is 0.353 e. The van der Waals surface area contributed by atoms with Crippen molar-refractivity contribution in [2.75, 3.05) is 32.1 Å². The number of aromatic nitrogens is 2. The number of hydrogen-bond acceptors (Lipinski definition) is 4. The molecular formula is C15H25N5O2. The standard InChI is InChI=1S/C15H25N5O2/c1-5-12(15(22)16-7-9-18(3)4)20-13-10-11(2)17-19(13)8-6-14(20)21/h10,12H,5-9H2,1-4H3,(H,16,22)/t12-/m0/s1. The smallest absolute Gasteiger partial charge is 0.243 e. The third-order valence-corrected chi connectivity index (χ3v) is 3.79. The summed E-state index contributed by atoms with van der Waals surface area (Å²) in [6, 6.07) is 1.39. The molecule has 7 heteroatoms. The Morgan fingerprint density at radius 3 is 2.86 bits per heavy atom. The normalized spacial score (nSPS) is 15.9. The van der Waals surface area contributed by atoms with E-state index in [9.17, 15) is 9.59 Å². The molecule has 0 fully saturated rings. The second-order valence-corrected chi connectivity index (χ2v) is 5.90. The lowest BCUT2D eigenvalue weighted by molar-refractivity contribution is -0.127. The van der Waals surface area contributed by atoms with Gasteiger partial charge in [0.25, 0.3) is 0 Å². The molecule has 0 saturated carbocycles. The first kappa shape index (κ1) is 16.5. The molecule has 0 unspecified atom stereocenters. The van der Waals surface area contributed by atoms with Crippen molar-refractivity contribution in [1.82, 2.24) is 20.0 Å². The molecule has 1 aromatic heterocycles. The molecule has 0 aliphatic carbocycles. The first-order chi connectivity index (χ1) is 10.4. The summed E-state index contributed by atoms with van der Waals surface area (Å²) in [7, 11) is 3.91. The number of fused-ring (bicyclic) bond motifs is 1. The van der Waals surface area contributed by atoms with Gasteiger partial charge in [0.1, 0.15) is 11.9 Å². The molecule has 2 rings (SSSR count). The van der Waals surface area contributed by atoms with Crippen molar-refractivity contribution in [3.63, 3.8) is 0 Å². The maximum Gasteiger partial charge on any atom is 0.243 e. The molecule has 2 amide bonds. The Bertz CT molecular complexity index is 552. The van der Waals surface area contributed by atoms with Crippen LogP contribution in [0, 0.1) is 6.92 Å². The summed E-state index contributed by atoms with van der Waals surface area (Å²) >= 11 is 0. The highest BCUT2D eigenvalue weighted by atomic mass is 16.2. The van der Waals surface area contributed by atoms with Crippen LogP contribution >= 0.6 is 0 Å². The molecule has 1 N–H and O–H groups in total. The highest BCUT2D eigenvalue weighted by Crippen LogP contribution is 2.25. The number of anilines is 1. The maximum absolute atomic E-state index is 12.5. The molecule has 1 aliphatic heterocycles. The number of rotatable bonds is 6. The topological polar surface area (TPSA) is 70.5 Å². The molecule has 0 saturated heterocycles. The zero-order chi connectivity index (χ0) is 16.3. The Morgan fingerprint density at radius 1 is 1.50 bits per heavy atom. The van der Waals surface area contributed by atoms with Crippen LogP contribution in [0.25, 0.3) is 0 Å². The van der Waals surface area contributed by atoms with Crippen LogP contribution in [0.3, 0.4) is 0 Å². The summed E-state index contributed by atoms with van der Waals surface area (Å²) in [5, 5.41) is 7.30. The van der Waals surface area contributed by atoms with Gasteiger partial charge in [0.15, 0.2) is 0 Å². The first-order valence-electron chi connectivity index (χ1n) is 7.73. The van der Waals surface area contributed by atoms with Crippen molar-refractivity contribution in [3.05, 3.63) is 11.8 Å². The average molecular weight is 307 g/mol. The Balaban J connectivity index is 2.15. The summed E-state index contributed by atoms with van der Waals surface area (Å²) in [5.41, 5.74) is 0.859. The second kappa shape index (κ2) is 6.91. The van der Waals surface area contributed by atoms with Crippen molar-refractivity contribution in [1.29, 1.82) is 0 Å². The van der Waals surface area contributed by atoms with Gasteiger partial charge in [-0.25, -0.2) is 4.68 Å². The number of carbonyl (C=O) groups is 2. The molecule has 0 aromatic carbocycles. The molecule has 2 heterocycles. The number of amides is 2. The van der Waals surface area contributed by atoms with Crippen LogP contribution in [0.15, 0.2) is 6.07 Å². The van der Waals surface area contributed by atoms with Crippen molar-refractivity contribution >= 4 is 17.6 Å². The minimum atomic E-state index is -0.482. The molecule has 1 aliphatic rings. The summed E-state index contributed by atoms with van der Waals surface area (Å²) in [4.78, 5) is 28.4. The van der Waals surface area contributed by atoms with Crippen LogP contribution in [-0.2, 0) is 16.1 Å². The van der Waals surface area contributed by atoms with Crippen LogP contribution in [0.5, 0.6) is 0 Å². The Labute approximate surface area is 131 Å².